The molecule has 2 unspecified atom stereocenters. The molecular formula is C19H19N. The van der Waals surface area contributed by atoms with Crippen molar-refractivity contribution in [2.24, 2.45) is 5.92 Å². The maximum atomic E-state index is 5.79. The SMILES string of the molecule is CC1C=CC=CC1c1ccccc1-c1ccc(N)cc1. The molecule has 1 nitrogen and oxygen atoms in total. The summed E-state index contributed by atoms with van der Waals surface area (Å²) in [5.74, 6) is 0.962. The van der Waals surface area contributed by atoms with Gasteiger partial charge < -0.3 is 5.73 Å². The molecule has 0 saturated heterocycles. The zero-order chi connectivity index (χ0) is 13.9. The molecular weight excluding hydrogens is 242 g/mol. The fourth-order valence-electron chi connectivity index (χ4n) is 2.82. The van der Waals surface area contributed by atoms with Crippen molar-refractivity contribution in [3.8, 4) is 11.1 Å². The summed E-state index contributed by atoms with van der Waals surface area (Å²) in [5.41, 5.74) is 10.5. The van der Waals surface area contributed by atoms with Crippen molar-refractivity contribution in [3.05, 3.63) is 78.4 Å². The molecule has 0 fully saturated rings. The maximum absolute atomic E-state index is 5.79. The lowest BCUT2D eigenvalue weighted by Gasteiger charge is -2.23. The lowest BCUT2D eigenvalue weighted by Crippen LogP contribution is -2.08. The van der Waals surface area contributed by atoms with Crippen LogP contribution in [0.2, 0.25) is 0 Å². The van der Waals surface area contributed by atoms with E-state index in [1.54, 1.807) is 0 Å². The molecule has 0 radical (unpaired) electrons. The van der Waals surface area contributed by atoms with E-state index in [0.29, 0.717) is 11.8 Å². The fourth-order valence-corrected chi connectivity index (χ4v) is 2.82. The van der Waals surface area contributed by atoms with Crippen molar-refractivity contribution in [1.82, 2.24) is 0 Å². The number of benzene rings is 2. The second-order valence-electron chi connectivity index (χ2n) is 5.36. The predicted molar refractivity (Wildman–Crippen MR) is 86.5 cm³/mol. The van der Waals surface area contributed by atoms with E-state index in [4.69, 9.17) is 5.73 Å². The Bertz CT molecular complexity index is 650. The van der Waals surface area contributed by atoms with Gasteiger partial charge in [-0.3, -0.25) is 0 Å². The van der Waals surface area contributed by atoms with E-state index in [2.05, 4.69) is 67.6 Å². The van der Waals surface area contributed by atoms with E-state index in [0.717, 1.165) is 5.69 Å². The van der Waals surface area contributed by atoms with E-state index >= 15 is 0 Å². The summed E-state index contributed by atoms with van der Waals surface area (Å²) in [5, 5.41) is 0. The topological polar surface area (TPSA) is 26.0 Å². The molecule has 2 aromatic rings. The van der Waals surface area contributed by atoms with Crippen LogP contribution in [-0.4, -0.2) is 0 Å². The summed E-state index contributed by atoms with van der Waals surface area (Å²) in [7, 11) is 0. The average molecular weight is 261 g/mol. The number of hydrogen-bond acceptors (Lipinski definition) is 1. The molecule has 0 aromatic heterocycles. The van der Waals surface area contributed by atoms with Crippen LogP contribution in [0.5, 0.6) is 0 Å². The normalized spacial score (nSPS) is 21.1. The summed E-state index contributed by atoms with van der Waals surface area (Å²) in [6.45, 7) is 2.27. The highest BCUT2D eigenvalue weighted by atomic mass is 14.5. The van der Waals surface area contributed by atoms with Crippen LogP contribution in [0, 0.1) is 5.92 Å². The highest BCUT2D eigenvalue weighted by Gasteiger charge is 2.19. The molecule has 1 heteroatoms. The quantitative estimate of drug-likeness (QED) is 0.773. The third-order valence-corrected chi connectivity index (χ3v) is 3.95. The smallest absolute Gasteiger partial charge is 0.0314 e. The van der Waals surface area contributed by atoms with Crippen molar-refractivity contribution in [2.75, 3.05) is 5.73 Å². The standard InChI is InChI=1S/C19H19N/c1-14-6-2-3-7-17(14)19-9-5-4-8-18(19)15-10-12-16(20)13-11-15/h2-14,17H,20H2,1H3. The van der Waals surface area contributed by atoms with Crippen LogP contribution in [0.4, 0.5) is 5.69 Å². The molecule has 0 amide bonds. The first kappa shape index (κ1) is 12.7. The van der Waals surface area contributed by atoms with Gasteiger partial charge in [-0.1, -0.05) is 67.6 Å². The highest BCUT2D eigenvalue weighted by Crippen LogP contribution is 2.36. The molecule has 0 aliphatic heterocycles. The average Bonchev–Trinajstić information content (AvgIpc) is 2.49. The lowest BCUT2D eigenvalue weighted by atomic mass is 9.81. The molecule has 0 spiro atoms. The Morgan fingerprint density at radius 2 is 1.55 bits per heavy atom. The fraction of sp³-hybridized carbons (Fsp3) is 0.158. The minimum atomic E-state index is 0.439. The molecule has 2 aromatic carbocycles. The minimum absolute atomic E-state index is 0.439. The molecule has 2 N–H and O–H groups in total. The summed E-state index contributed by atoms with van der Waals surface area (Å²) in [6, 6.07) is 16.8. The lowest BCUT2D eigenvalue weighted by molar-refractivity contribution is 0.636. The molecule has 2 atom stereocenters. The second kappa shape index (κ2) is 5.38. The highest BCUT2D eigenvalue weighted by molar-refractivity contribution is 5.70. The summed E-state index contributed by atoms with van der Waals surface area (Å²) in [6.07, 6.45) is 8.84. The van der Waals surface area contributed by atoms with E-state index < -0.39 is 0 Å². The molecule has 0 bridgehead atoms. The molecule has 20 heavy (non-hydrogen) atoms. The Hall–Kier alpha value is -2.28. The van der Waals surface area contributed by atoms with Crippen molar-refractivity contribution >= 4 is 5.69 Å². The number of hydrogen-bond donors (Lipinski definition) is 1. The van der Waals surface area contributed by atoms with Gasteiger partial charge in [-0.2, -0.15) is 0 Å². The van der Waals surface area contributed by atoms with Gasteiger partial charge in [0.25, 0.3) is 0 Å². The van der Waals surface area contributed by atoms with E-state index in [-0.39, 0.29) is 0 Å². The maximum Gasteiger partial charge on any atom is 0.0314 e. The molecule has 0 saturated carbocycles. The van der Waals surface area contributed by atoms with E-state index in [1.165, 1.54) is 16.7 Å². The zero-order valence-electron chi connectivity index (χ0n) is 11.7. The largest absolute Gasteiger partial charge is 0.399 e. The van der Waals surface area contributed by atoms with Crippen LogP contribution in [0.25, 0.3) is 11.1 Å². The third-order valence-electron chi connectivity index (χ3n) is 3.95. The van der Waals surface area contributed by atoms with Crippen LogP contribution >= 0.6 is 0 Å². The van der Waals surface area contributed by atoms with Crippen molar-refractivity contribution in [2.45, 2.75) is 12.8 Å². The van der Waals surface area contributed by atoms with Crippen LogP contribution in [0.1, 0.15) is 18.4 Å². The summed E-state index contributed by atoms with van der Waals surface area (Å²) in [4.78, 5) is 0. The zero-order valence-corrected chi connectivity index (χ0v) is 11.7. The molecule has 100 valence electrons. The van der Waals surface area contributed by atoms with Crippen molar-refractivity contribution < 1.29 is 0 Å². The van der Waals surface area contributed by atoms with Crippen molar-refractivity contribution in [1.29, 1.82) is 0 Å². The Labute approximate surface area is 120 Å². The second-order valence-corrected chi connectivity index (χ2v) is 5.36. The third kappa shape index (κ3) is 2.39. The van der Waals surface area contributed by atoms with Gasteiger partial charge in [0, 0.05) is 11.6 Å². The monoisotopic (exact) mass is 261 g/mol. The Morgan fingerprint density at radius 1 is 0.850 bits per heavy atom. The van der Waals surface area contributed by atoms with Crippen molar-refractivity contribution in [3.63, 3.8) is 0 Å². The van der Waals surface area contributed by atoms with Gasteiger partial charge in [-0.25, -0.2) is 0 Å². The van der Waals surface area contributed by atoms with Gasteiger partial charge in [0.1, 0.15) is 0 Å². The molecule has 1 aliphatic carbocycles. The van der Waals surface area contributed by atoms with Crippen LogP contribution in [0.3, 0.4) is 0 Å². The van der Waals surface area contributed by atoms with Gasteiger partial charge >= 0.3 is 0 Å². The first-order valence-electron chi connectivity index (χ1n) is 7.05. The van der Waals surface area contributed by atoms with Crippen LogP contribution < -0.4 is 5.73 Å². The Balaban J connectivity index is 2.06. The predicted octanol–water partition coefficient (Wildman–Crippen LogP) is 4.78. The van der Waals surface area contributed by atoms with Gasteiger partial charge in [0.15, 0.2) is 0 Å². The van der Waals surface area contributed by atoms with Gasteiger partial charge in [-0.05, 0) is 34.7 Å². The van der Waals surface area contributed by atoms with Crippen LogP contribution in [-0.2, 0) is 0 Å². The Kier molecular flexibility index (Phi) is 3.42. The van der Waals surface area contributed by atoms with Crippen LogP contribution in [0.15, 0.2) is 72.8 Å². The Morgan fingerprint density at radius 3 is 2.30 bits per heavy atom. The number of nitrogen functional groups attached to an aromatic ring is 1. The van der Waals surface area contributed by atoms with E-state index in [1.807, 2.05) is 12.1 Å². The number of anilines is 1. The number of nitrogens with two attached hydrogens (primary N) is 1. The molecule has 1 aliphatic rings. The van der Waals surface area contributed by atoms with E-state index in [9.17, 15) is 0 Å². The van der Waals surface area contributed by atoms with Gasteiger partial charge in [-0.15, -0.1) is 0 Å². The molecule has 0 heterocycles. The molecule has 3 rings (SSSR count). The summed E-state index contributed by atoms with van der Waals surface area (Å²) < 4.78 is 0. The number of rotatable bonds is 2. The van der Waals surface area contributed by atoms with Gasteiger partial charge in [0.2, 0.25) is 0 Å². The first-order valence-corrected chi connectivity index (χ1v) is 7.05. The first-order chi connectivity index (χ1) is 9.75. The minimum Gasteiger partial charge on any atom is -0.399 e. The summed E-state index contributed by atoms with van der Waals surface area (Å²) >= 11 is 0. The number of allylic oxidation sites excluding steroid dienone is 4. The van der Waals surface area contributed by atoms with Gasteiger partial charge in [0.05, 0.1) is 0 Å².